The van der Waals surface area contributed by atoms with Gasteiger partial charge in [-0.05, 0) is 19.4 Å². The van der Waals surface area contributed by atoms with E-state index in [1.165, 1.54) is 0 Å². The Morgan fingerprint density at radius 2 is 1.81 bits per heavy atom. The van der Waals surface area contributed by atoms with Crippen molar-refractivity contribution >= 4 is 8.07 Å². The number of aliphatic hydroxyl groups excluding tert-OH is 2. The van der Waals surface area contributed by atoms with Crippen LogP contribution < -0.4 is 5.73 Å². The molecule has 21 heavy (non-hydrogen) atoms. The van der Waals surface area contributed by atoms with E-state index >= 15 is 0 Å². The number of nitrogens with two attached hydrogens (primary N) is 1. The summed E-state index contributed by atoms with van der Waals surface area (Å²) in [6.07, 6.45) is -3.34. The SMILES string of the molecule is CC([C@]1(N)[C@H](O)O[C@@H]2COC(C)(C)O[C@H]2[C@@H]1O)[Si](C)(C)C. The highest BCUT2D eigenvalue weighted by Crippen LogP contribution is 2.43. The van der Waals surface area contributed by atoms with Crippen LogP contribution in [0.4, 0.5) is 0 Å². The Morgan fingerprint density at radius 3 is 2.33 bits per heavy atom. The lowest BCUT2D eigenvalue weighted by atomic mass is 9.81. The van der Waals surface area contributed by atoms with Crippen molar-refractivity contribution in [2.75, 3.05) is 6.61 Å². The highest BCUT2D eigenvalue weighted by molar-refractivity contribution is 6.77. The number of hydrogen-bond donors (Lipinski definition) is 3. The van der Waals surface area contributed by atoms with Gasteiger partial charge in [0.1, 0.15) is 18.3 Å². The Bertz CT molecular complexity index is 399. The van der Waals surface area contributed by atoms with Crippen LogP contribution in [-0.2, 0) is 14.2 Å². The van der Waals surface area contributed by atoms with Gasteiger partial charge in [0.05, 0.1) is 12.1 Å². The number of hydrogen-bond acceptors (Lipinski definition) is 6. The molecule has 1 unspecified atom stereocenters. The average molecular weight is 319 g/mol. The first-order chi connectivity index (χ1) is 9.39. The maximum absolute atomic E-state index is 10.8. The van der Waals surface area contributed by atoms with Gasteiger partial charge in [0, 0.05) is 8.07 Å². The van der Waals surface area contributed by atoms with Crippen molar-refractivity contribution in [3.8, 4) is 0 Å². The van der Waals surface area contributed by atoms with Gasteiger partial charge in [-0.25, -0.2) is 0 Å². The van der Waals surface area contributed by atoms with E-state index in [4.69, 9.17) is 19.9 Å². The lowest BCUT2D eigenvalue weighted by molar-refractivity contribution is -0.375. The van der Waals surface area contributed by atoms with Crippen molar-refractivity contribution < 1.29 is 24.4 Å². The molecule has 124 valence electrons. The lowest BCUT2D eigenvalue weighted by Crippen LogP contribution is -2.76. The highest BCUT2D eigenvalue weighted by atomic mass is 28.3. The summed E-state index contributed by atoms with van der Waals surface area (Å²) in [4.78, 5) is 0. The van der Waals surface area contributed by atoms with E-state index in [0.717, 1.165) is 0 Å². The van der Waals surface area contributed by atoms with Crippen LogP contribution in [0.3, 0.4) is 0 Å². The van der Waals surface area contributed by atoms with Gasteiger partial charge >= 0.3 is 0 Å². The molecule has 0 aromatic rings. The largest absolute Gasteiger partial charge is 0.388 e. The minimum Gasteiger partial charge on any atom is -0.388 e. The van der Waals surface area contributed by atoms with Gasteiger partial charge in [0.25, 0.3) is 0 Å². The average Bonchev–Trinajstić information content (AvgIpc) is 2.35. The predicted octanol–water partition coefficient (Wildman–Crippen LogP) is 0.642. The van der Waals surface area contributed by atoms with Crippen LogP contribution >= 0.6 is 0 Å². The first kappa shape index (κ1) is 17.3. The molecule has 2 aliphatic rings. The molecule has 7 heteroatoms. The van der Waals surface area contributed by atoms with E-state index in [2.05, 4.69) is 19.6 Å². The summed E-state index contributed by atoms with van der Waals surface area (Å²) < 4.78 is 17.0. The molecular formula is C14H29NO5Si. The molecule has 0 spiro atoms. The Kier molecular flexibility index (Phi) is 4.34. The summed E-state index contributed by atoms with van der Waals surface area (Å²) in [6, 6.07) is 0. The van der Waals surface area contributed by atoms with Crippen molar-refractivity contribution in [1.29, 1.82) is 0 Å². The fourth-order valence-corrected chi connectivity index (χ4v) is 4.95. The van der Waals surface area contributed by atoms with Gasteiger partial charge in [-0.2, -0.15) is 0 Å². The standard InChI is InChI=1S/C14H29NO5Si/c1-8(21(4,5)6)14(15)11(16)10-9(19-12(14)17)7-18-13(2,3)20-10/h8-12,16-17H,7,15H2,1-6H3/t8?,9-,10-,11+,12-,14-/m1/s1. The molecular weight excluding hydrogens is 290 g/mol. The summed E-state index contributed by atoms with van der Waals surface area (Å²) in [6.45, 7) is 12.3. The van der Waals surface area contributed by atoms with Crippen LogP contribution in [-0.4, -0.2) is 60.8 Å². The highest BCUT2D eigenvalue weighted by Gasteiger charge is 2.60. The Balaban J connectivity index is 2.31. The second-order valence-electron chi connectivity index (χ2n) is 7.85. The van der Waals surface area contributed by atoms with E-state index in [0.29, 0.717) is 0 Å². The first-order valence-electron chi connectivity index (χ1n) is 7.52. The molecule has 0 radical (unpaired) electrons. The van der Waals surface area contributed by atoms with Crippen molar-refractivity contribution in [2.45, 2.75) is 81.9 Å². The third-order valence-electron chi connectivity index (χ3n) is 4.99. The fourth-order valence-electron chi connectivity index (χ4n) is 3.13. The molecule has 6 atom stereocenters. The zero-order valence-corrected chi connectivity index (χ0v) is 14.8. The monoisotopic (exact) mass is 319 g/mol. The fraction of sp³-hybridized carbons (Fsp3) is 1.00. The quantitative estimate of drug-likeness (QED) is 0.647. The zero-order chi connectivity index (χ0) is 16.2. The maximum atomic E-state index is 10.8. The molecule has 0 saturated carbocycles. The second-order valence-corrected chi connectivity index (χ2v) is 13.5. The van der Waals surface area contributed by atoms with Crippen LogP contribution in [0.15, 0.2) is 0 Å². The lowest BCUT2D eigenvalue weighted by Gasteiger charge is -2.56. The molecule has 0 amide bonds. The minimum atomic E-state index is -1.71. The molecule has 6 nitrogen and oxygen atoms in total. The van der Waals surface area contributed by atoms with Gasteiger partial charge in [0.2, 0.25) is 0 Å². The number of rotatable bonds is 2. The number of ether oxygens (including phenoxy) is 3. The third kappa shape index (κ3) is 2.93. The van der Waals surface area contributed by atoms with Crippen molar-refractivity contribution in [3.63, 3.8) is 0 Å². The zero-order valence-electron chi connectivity index (χ0n) is 13.8. The molecule has 2 heterocycles. The van der Waals surface area contributed by atoms with Crippen molar-refractivity contribution in [1.82, 2.24) is 0 Å². The van der Waals surface area contributed by atoms with Crippen molar-refractivity contribution in [2.24, 2.45) is 5.73 Å². The molecule has 0 aliphatic carbocycles. The van der Waals surface area contributed by atoms with Crippen LogP contribution in [0.5, 0.6) is 0 Å². The molecule has 2 fully saturated rings. The number of fused-ring (bicyclic) bond motifs is 1. The molecule has 0 bridgehead atoms. The Labute approximate surface area is 127 Å². The van der Waals surface area contributed by atoms with E-state index in [-0.39, 0.29) is 12.1 Å². The van der Waals surface area contributed by atoms with E-state index in [9.17, 15) is 10.2 Å². The van der Waals surface area contributed by atoms with Crippen LogP contribution in [0.25, 0.3) is 0 Å². The summed E-state index contributed by atoms with van der Waals surface area (Å²) in [5.41, 5.74) is 5.17. The topological polar surface area (TPSA) is 94.2 Å². The Morgan fingerprint density at radius 1 is 1.24 bits per heavy atom. The van der Waals surface area contributed by atoms with Gasteiger partial charge in [0.15, 0.2) is 12.1 Å². The van der Waals surface area contributed by atoms with E-state index in [1.807, 2.05) is 6.92 Å². The second kappa shape index (κ2) is 5.26. The van der Waals surface area contributed by atoms with Crippen molar-refractivity contribution in [3.05, 3.63) is 0 Å². The van der Waals surface area contributed by atoms with Gasteiger partial charge in [-0.15, -0.1) is 0 Å². The summed E-state index contributed by atoms with van der Waals surface area (Å²) in [5.74, 6) is -0.795. The van der Waals surface area contributed by atoms with Gasteiger partial charge < -0.3 is 30.2 Å². The third-order valence-corrected chi connectivity index (χ3v) is 8.08. The predicted molar refractivity (Wildman–Crippen MR) is 81.5 cm³/mol. The smallest absolute Gasteiger partial charge is 0.175 e. The Hall–Kier alpha value is -0.0231. The molecule has 0 aromatic heterocycles. The molecule has 2 saturated heterocycles. The summed E-state index contributed by atoms with van der Waals surface area (Å²) in [7, 11) is -1.71. The van der Waals surface area contributed by atoms with Crippen LogP contribution in [0, 0.1) is 0 Å². The molecule has 4 N–H and O–H groups in total. The molecule has 0 aromatic carbocycles. The van der Waals surface area contributed by atoms with Gasteiger partial charge in [-0.1, -0.05) is 26.6 Å². The van der Waals surface area contributed by atoms with Crippen LogP contribution in [0.2, 0.25) is 25.2 Å². The normalized spacial score (nSPS) is 45.0. The van der Waals surface area contributed by atoms with Gasteiger partial charge in [-0.3, -0.25) is 0 Å². The van der Waals surface area contributed by atoms with E-state index < -0.39 is 44.0 Å². The number of aliphatic hydroxyl groups is 2. The summed E-state index contributed by atoms with van der Waals surface area (Å²) >= 11 is 0. The molecule has 2 aliphatic heterocycles. The van der Waals surface area contributed by atoms with E-state index in [1.54, 1.807) is 13.8 Å². The first-order valence-corrected chi connectivity index (χ1v) is 11.1. The summed E-state index contributed by atoms with van der Waals surface area (Å²) in [5, 5.41) is 21.2. The van der Waals surface area contributed by atoms with Crippen LogP contribution in [0.1, 0.15) is 20.8 Å². The molecule has 2 rings (SSSR count). The minimum absolute atomic E-state index is 0.0505. The maximum Gasteiger partial charge on any atom is 0.175 e.